The molecule has 0 unspecified atom stereocenters. The lowest BCUT2D eigenvalue weighted by molar-refractivity contribution is -0.134. The number of carbonyl (C=O) groups excluding carboxylic acids is 1. The number of phenolic OH excluding ortho intramolecular Hbond substituents is 1. The molecule has 4 nitrogen and oxygen atoms in total. The van der Waals surface area contributed by atoms with Crippen LogP contribution in [0.5, 0.6) is 5.75 Å². The second kappa shape index (κ2) is 7.14. The van der Waals surface area contributed by atoms with Gasteiger partial charge in [0.2, 0.25) is 5.91 Å². The second-order valence-corrected chi connectivity index (χ2v) is 6.59. The summed E-state index contributed by atoms with van der Waals surface area (Å²) in [5.41, 5.74) is 0.980. The molecule has 120 valence electrons. The highest BCUT2D eigenvalue weighted by Crippen LogP contribution is 2.21. The van der Waals surface area contributed by atoms with Crippen molar-refractivity contribution in [2.24, 2.45) is 0 Å². The van der Waals surface area contributed by atoms with E-state index in [1.807, 2.05) is 12.1 Å². The van der Waals surface area contributed by atoms with E-state index in [0.29, 0.717) is 12.5 Å². The number of phenols is 1. The Morgan fingerprint density at radius 3 is 2.45 bits per heavy atom. The smallest absolute Gasteiger partial charge is 0.227 e. The first-order valence-corrected chi connectivity index (χ1v) is 8.52. The minimum Gasteiger partial charge on any atom is -0.508 e. The molecule has 0 spiro atoms. The molecule has 0 aromatic heterocycles. The van der Waals surface area contributed by atoms with Gasteiger partial charge in [-0.15, -0.1) is 0 Å². The fourth-order valence-corrected chi connectivity index (χ4v) is 3.67. The number of rotatable bonds is 4. The van der Waals surface area contributed by atoms with Gasteiger partial charge in [-0.3, -0.25) is 4.79 Å². The molecule has 1 N–H and O–H groups in total. The SMILES string of the molecule is O=C(Cc1ccc(O)cc1)N1CCCC[C@H]1CN1CCCC1. The van der Waals surface area contributed by atoms with Crippen LogP contribution in [-0.2, 0) is 11.2 Å². The number of piperidine rings is 1. The largest absolute Gasteiger partial charge is 0.508 e. The quantitative estimate of drug-likeness (QED) is 0.929. The first kappa shape index (κ1) is 15.3. The van der Waals surface area contributed by atoms with E-state index in [9.17, 15) is 9.90 Å². The number of hydrogen-bond acceptors (Lipinski definition) is 3. The zero-order valence-corrected chi connectivity index (χ0v) is 13.2. The maximum Gasteiger partial charge on any atom is 0.227 e. The number of likely N-dealkylation sites (tertiary alicyclic amines) is 2. The van der Waals surface area contributed by atoms with Gasteiger partial charge in [-0.25, -0.2) is 0 Å². The summed E-state index contributed by atoms with van der Waals surface area (Å²) in [5, 5.41) is 9.34. The van der Waals surface area contributed by atoms with Gasteiger partial charge < -0.3 is 14.9 Å². The van der Waals surface area contributed by atoms with Crippen LogP contribution in [0.25, 0.3) is 0 Å². The summed E-state index contributed by atoms with van der Waals surface area (Å²) in [6.45, 7) is 4.32. The average Bonchev–Trinajstić information content (AvgIpc) is 3.03. The van der Waals surface area contributed by atoms with Crippen molar-refractivity contribution in [2.45, 2.75) is 44.6 Å². The summed E-state index contributed by atoms with van der Waals surface area (Å²) >= 11 is 0. The van der Waals surface area contributed by atoms with Gasteiger partial charge in [0.1, 0.15) is 5.75 Å². The molecule has 0 radical (unpaired) electrons. The first-order chi connectivity index (χ1) is 10.7. The topological polar surface area (TPSA) is 43.8 Å². The molecule has 1 aromatic rings. The van der Waals surface area contributed by atoms with Crippen LogP contribution in [0.1, 0.15) is 37.7 Å². The summed E-state index contributed by atoms with van der Waals surface area (Å²) in [6, 6.07) is 7.37. The molecule has 0 bridgehead atoms. The molecular formula is C18H26N2O2. The third-order valence-electron chi connectivity index (χ3n) is 4.91. The maximum absolute atomic E-state index is 12.7. The zero-order valence-electron chi connectivity index (χ0n) is 13.2. The fraction of sp³-hybridized carbons (Fsp3) is 0.611. The van der Waals surface area contributed by atoms with Crippen LogP contribution in [0.15, 0.2) is 24.3 Å². The van der Waals surface area contributed by atoms with Crippen LogP contribution in [0.3, 0.4) is 0 Å². The molecule has 2 saturated heterocycles. The third kappa shape index (κ3) is 3.80. The van der Waals surface area contributed by atoms with Gasteiger partial charge >= 0.3 is 0 Å². The summed E-state index contributed by atoms with van der Waals surface area (Å²) < 4.78 is 0. The summed E-state index contributed by atoms with van der Waals surface area (Å²) in [5.74, 6) is 0.482. The van der Waals surface area contributed by atoms with Gasteiger partial charge in [-0.2, -0.15) is 0 Å². The Labute approximate surface area is 132 Å². The molecule has 0 saturated carbocycles. The Morgan fingerprint density at radius 2 is 1.73 bits per heavy atom. The minimum atomic E-state index is 0.231. The standard InChI is InChI=1S/C18H26N2O2/c21-17-8-6-15(7-9-17)13-18(22)20-12-2-1-5-16(20)14-19-10-3-4-11-19/h6-9,16,21H,1-5,10-14H2/t16-/m0/s1. The molecule has 0 aliphatic carbocycles. The van der Waals surface area contributed by atoms with Gasteiger partial charge in [0.05, 0.1) is 6.42 Å². The lowest BCUT2D eigenvalue weighted by Crippen LogP contribution is -2.49. The van der Waals surface area contributed by atoms with E-state index in [0.717, 1.165) is 31.5 Å². The van der Waals surface area contributed by atoms with E-state index >= 15 is 0 Å². The van der Waals surface area contributed by atoms with E-state index in [2.05, 4.69) is 9.80 Å². The van der Waals surface area contributed by atoms with Gasteiger partial charge in [0.15, 0.2) is 0 Å². The third-order valence-corrected chi connectivity index (χ3v) is 4.91. The van der Waals surface area contributed by atoms with Gasteiger partial charge in [-0.05, 0) is 62.9 Å². The van der Waals surface area contributed by atoms with Crippen LogP contribution in [0.4, 0.5) is 0 Å². The lowest BCUT2D eigenvalue weighted by Gasteiger charge is -2.38. The molecular weight excluding hydrogens is 276 g/mol. The number of carbonyl (C=O) groups is 1. The Bertz CT molecular complexity index is 494. The molecule has 2 fully saturated rings. The zero-order chi connectivity index (χ0) is 15.4. The Kier molecular flexibility index (Phi) is 4.98. The lowest BCUT2D eigenvalue weighted by atomic mass is 10.00. The van der Waals surface area contributed by atoms with E-state index in [1.165, 1.54) is 32.4 Å². The number of amides is 1. The van der Waals surface area contributed by atoms with Crippen LogP contribution in [0.2, 0.25) is 0 Å². The molecule has 22 heavy (non-hydrogen) atoms. The van der Waals surface area contributed by atoms with Crippen molar-refractivity contribution >= 4 is 5.91 Å². The number of nitrogens with zero attached hydrogens (tertiary/aromatic N) is 2. The van der Waals surface area contributed by atoms with Crippen LogP contribution < -0.4 is 0 Å². The number of benzene rings is 1. The van der Waals surface area contributed by atoms with Crippen LogP contribution >= 0.6 is 0 Å². The van der Waals surface area contributed by atoms with E-state index < -0.39 is 0 Å². The molecule has 2 aliphatic heterocycles. The van der Waals surface area contributed by atoms with Crippen molar-refractivity contribution in [3.63, 3.8) is 0 Å². The maximum atomic E-state index is 12.7. The van der Waals surface area contributed by atoms with Gasteiger partial charge in [0.25, 0.3) is 0 Å². The number of aromatic hydroxyl groups is 1. The molecule has 2 aliphatic rings. The van der Waals surface area contributed by atoms with E-state index in [4.69, 9.17) is 0 Å². The number of hydrogen-bond donors (Lipinski definition) is 1. The van der Waals surface area contributed by atoms with Gasteiger partial charge in [-0.1, -0.05) is 12.1 Å². The first-order valence-electron chi connectivity index (χ1n) is 8.52. The van der Waals surface area contributed by atoms with Crippen molar-refractivity contribution in [1.29, 1.82) is 0 Å². The van der Waals surface area contributed by atoms with E-state index in [-0.39, 0.29) is 11.7 Å². The summed E-state index contributed by atoms with van der Waals surface area (Å²) in [6.07, 6.45) is 6.54. The van der Waals surface area contributed by atoms with Crippen molar-refractivity contribution < 1.29 is 9.90 Å². The average molecular weight is 302 g/mol. The Balaban J connectivity index is 1.61. The summed E-state index contributed by atoms with van der Waals surface area (Å²) in [7, 11) is 0. The van der Waals surface area contributed by atoms with Crippen LogP contribution in [0, 0.1) is 0 Å². The van der Waals surface area contributed by atoms with Crippen molar-refractivity contribution in [3.8, 4) is 5.75 Å². The monoisotopic (exact) mass is 302 g/mol. The Morgan fingerprint density at radius 1 is 1.05 bits per heavy atom. The molecule has 2 heterocycles. The molecule has 1 aromatic carbocycles. The predicted molar refractivity (Wildman–Crippen MR) is 86.8 cm³/mol. The van der Waals surface area contributed by atoms with Crippen LogP contribution in [-0.4, -0.2) is 53.0 Å². The highest BCUT2D eigenvalue weighted by molar-refractivity contribution is 5.79. The molecule has 3 rings (SSSR count). The van der Waals surface area contributed by atoms with E-state index in [1.54, 1.807) is 12.1 Å². The summed E-state index contributed by atoms with van der Waals surface area (Å²) in [4.78, 5) is 17.3. The Hall–Kier alpha value is -1.55. The highest BCUT2D eigenvalue weighted by atomic mass is 16.3. The molecule has 1 amide bonds. The minimum absolute atomic E-state index is 0.231. The molecule has 1 atom stereocenters. The predicted octanol–water partition coefficient (Wildman–Crippen LogP) is 2.41. The van der Waals surface area contributed by atoms with Crippen molar-refractivity contribution in [1.82, 2.24) is 9.80 Å². The van der Waals surface area contributed by atoms with Crippen molar-refractivity contribution in [3.05, 3.63) is 29.8 Å². The normalized spacial score (nSPS) is 22.9. The highest BCUT2D eigenvalue weighted by Gasteiger charge is 2.28. The fourth-order valence-electron chi connectivity index (χ4n) is 3.67. The second-order valence-electron chi connectivity index (χ2n) is 6.59. The van der Waals surface area contributed by atoms with Gasteiger partial charge in [0, 0.05) is 19.1 Å². The van der Waals surface area contributed by atoms with Crippen molar-refractivity contribution in [2.75, 3.05) is 26.2 Å². The molecule has 4 heteroatoms.